The van der Waals surface area contributed by atoms with Gasteiger partial charge in [-0.2, -0.15) is 0 Å². The van der Waals surface area contributed by atoms with Gasteiger partial charge in [0.05, 0.1) is 5.60 Å². The Labute approximate surface area is 131 Å². The Bertz CT molecular complexity index is 529. The van der Waals surface area contributed by atoms with Crippen LogP contribution < -0.4 is 0 Å². The number of likely N-dealkylation sites (tertiary alicyclic amines) is 1. The summed E-state index contributed by atoms with van der Waals surface area (Å²) in [6.45, 7) is 7.13. The average Bonchev–Trinajstić information content (AvgIpc) is 2.58. The van der Waals surface area contributed by atoms with Crippen molar-refractivity contribution in [1.82, 2.24) is 9.88 Å². The van der Waals surface area contributed by atoms with Gasteiger partial charge in [-0.1, -0.05) is 25.4 Å². The number of nitrogens with zero attached hydrogens (tertiary/aromatic N) is 2. The van der Waals surface area contributed by atoms with Gasteiger partial charge in [0.25, 0.3) is 5.91 Å². The number of rotatable bonds is 2. The van der Waals surface area contributed by atoms with Gasteiger partial charge in [0.1, 0.15) is 5.15 Å². The van der Waals surface area contributed by atoms with E-state index in [0.717, 1.165) is 18.5 Å². The highest BCUT2D eigenvalue weighted by Crippen LogP contribution is 2.24. The van der Waals surface area contributed by atoms with Crippen LogP contribution in [0.15, 0.2) is 12.1 Å². The smallest absolute Gasteiger partial charge is 0.254 e. The molecule has 21 heavy (non-hydrogen) atoms. The maximum atomic E-state index is 12.6. The fraction of sp³-hybridized carbons (Fsp3) is 0.625. The number of hydrogen-bond donors (Lipinski definition) is 1. The molecule has 1 N–H and O–H groups in total. The molecule has 1 aromatic rings. The predicted molar refractivity (Wildman–Crippen MR) is 83.7 cm³/mol. The molecule has 0 bridgehead atoms. The number of carbonyl (C=O) groups excluding carboxylic acids is 1. The van der Waals surface area contributed by atoms with Crippen LogP contribution in [0.4, 0.5) is 0 Å². The molecule has 1 aromatic heterocycles. The van der Waals surface area contributed by atoms with Crippen LogP contribution in [-0.2, 0) is 0 Å². The van der Waals surface area contributed by atoms with Gasteiger partial charge in [0.2, 0.25) is 0 Å². The number of halogens is 1. The van der Waals surface area contributed by atoms with E-state index in [1.165, 1.54) is 0 Å². The molecule has 1 amide bonds. The molecule has 1 unspecified atom stereocenters. The lowest BCUT2D eigenvalue weighted by molar-refractivity contribution is 0.0438. The molecule has 1 aliphatic rings. The number of aromatic nitrogens is 1. The molecular formula is C16H23ClN2O2. The zero-order chi connectivity index (χ0) is 15.6. The van der Waals surface area contributed by atoms with E-state index in [1.807, 2.05) is 26.8 Å². The Morgan fingerprint density at radius 3 is 2.76 bits per heavy atom. The predicted octanol–water partition coefficient (Wildman–Crippen LogP) is 3.24. The average molecular weight is 311 g/mol. The third-order valence-corrected chi connectivity index (χ3v) is 4.20. The maximum Gasteiger partial charge on any atom is 0.254 e. The van der Waals surface area contributed by atoms with Crippen LogP contribution in [0.2, 0.25) is 5.15 Å². The third-order valence-electron chi connectivity index (χ3n) is 4.00. The molecule has 0 aromatic carbocycles. The van der Waals surface area contributed by atoms with Crippen LogP contribution in [0.25, 0.3) is 0 Å². The highest BCUT2D eigenvalue weighted by Gasteiger charge is 2.27. The van der Waals surface area contributed by atoms with Gasteiger partial charge in [-0.3, -0.25) is 4.79 Å². The Balaban J connectivity index is 2.20. The van der Waals surface area contributed by atoms with Crippen molar-refractivity contribution in [2.45, 2.75) is 51.6 Å². The molecule has 0 saturated carbocycles. The topological polar surface area (TPSA) is 53.4 Å². The van der Waals surface area contributed by atoms with Gasteiger partial charge in [0.15, 0.2) is 0 Å². The van der Waals surface area contributed by atoms with E-state index in [4.69, 9.17) is 11.6 Å². The summed E-state index contributed by atoms with van der Waals surface area (Å²) in [6, 6.07) is 3.45. The van der Waals surface area contributed by atoms with Gasteiger partial charge in [-0.05, 0) is 44.2 Å². The van der Waals surface area contributed by atoms with Crippen molar-refractivity contribution in [1.29, 1.82) is 0 Å². The Morgan fingerprint density at radius 1 is 1.38 bits per heavy atom. The number of aliphatic hydroxyl groups is 1. The number of amides is 1. The lowest BCUT2D eigenvalue weighted by Gasteiger charge is -2.23. The first kappa shape index (κ1) is 16.2. The van der Waals surface area contributed by atoms with Crippen LogP contribution in [0.1, 0.15) is 62.0 Å². The van der Waals surface area contributed by atoms with Crippen LogP contribution in [-0.4, -0.2) is 39.6 Å². The normalized spacial score (nSPS) is 23.2. The van der Waals surface area contributed by atoms with E-state index < -0.39 is 5.60 Å². The quantitative estimate of drug-likeness (QED) is 0.853. The Hall–Kier alpha value is -1.13. The summed E-state index contributed by atoms with van der Waals surface area (Å²) in [7, 11) is 0. The highest BCUT2D eigenvalue weighted by molar-refractivity contribution is 6.29. The molecule has 0 spiro atoms. The second-order valence-corrected chi connectivity index (χ2v) is 6.79. The molecule has 0 aliphatic carbocycles. The van der Waals surface area contributed by atoms with Crippen molar-refractivity contribution in [2.75, 3.05) is 13.1 Å². The van der Waals surface area contributed by atoms with Gasteiger partial charge >= 0.3 is 0 Å². The molecule has 116 valence electrons. The summed E-state index contributed by atoms with van der Waals surface area (Å²) in [6.07, 6.45) is 2.15. The number of carbonyl (C=O) groups is 1. The van der Waals surface area contributed by atoms with Crippen molar-refractivity contribution < 1.29 is 9.90 Å². The van der Waals surface area contributed by atoms with E-state index in [9.17, 15) is 9.90 Å². The molecule has 1 saturated heterocycles. The largest absolute Gasteiger partial charge is 0.390 e. The summed E-state index contributed by atoms with van der Waals surface area (Å²) >= 11 is 6.03. The minimum atomic E-state index is -0.673. The van der Waals surface area contributed by atoms with Crippen molar-refractivity contribution in [3.05, 3.63) is 28.5 Å². The van der Waals surface area contributed by atoms with Crippen molar-refractivity contribution in [3.8, 4) is 0 Å². The van der Waals surface area contributed by atoms with Gasteiger partial charge in [-0.25, -0.2) is 4.98 Å². The monoisotopic (exact) mass is 310 g/mol. The van der Waals surface area contributed by atoms with Gasteiger partial charge in [0, 0.05) is 24.3 Å². The van der Waals surface area contributed by atoms with Crippen LogP contribution in [0, 0.1) is 0 Å². The first-order valence-electron chi connectivity index (χ1n) is 7.48. The van der Waals surface area contributed by atoms with Crippen molar-refractivity contribution in [3.63, 3.8) is 0 Å². The van der Waals surface area contributed by atoms with E-state index in [2.05, 4.69) is 4.98 Å². The Kier molecular flexibility index (Phi) is 4.89. The summed E-state index contributed by atoms with van der Waals surface area (Å²) in [5.41, 5.74) is 0.737. The van der Waals surface area contributed by atoms with E-state index in [0.29, 0.717) is 30.2 Å². The molecule has 1 aliphatic heterocycles. The fourth-order valence-corrected chi connectivity index (χ4v) is 2.80. The molecule has 1 atom stereocenters. The van der Waals surface area contributed by atoms with Crippen LogP contribution in [0.3, 0.4) is 0 Å². The molecule has 2 heterocycles. The lowest BCUT2D eigenvalue weighted by Crippen LogP contribution is -2.33. The summed E-state index contributed by atoms with van der Waals surface area (Å²) in [5, 5.41) is 10.5. The molecule has 4 nitrogen and oxygen atoms in total. The second kappa shape index (κ2) is 6.32. The zero-order valence-electron chi connectivity index (χ0n) is 12.9. The van der Waals surface area contributed by atoms with Crippen LogP contribution >= 0.6 is 11.6 Å². The molecular weight excluding hydrogens is 288 g/mol. The minimum Gasteiger partial charge on any atom is -0.390 e. The standard InChI is InChI=1S/C16H23ClN2O2/c1-11(2)13-9-12(10-14(17)18-13)15(20)19-7-4-5-16(3,21)6-8-19/h9-11,21H,4-8H2,1-3H3. The summed E-state index contributed by atoms with van der Waals surface area (Å²) < 4.78 is 0. The highest BCUT2D eigenvalue weighted by atomic mass is 35.5. The van der Waals surface area contributed by atoms with Gasteiger partial charge in [-0.15, -0.1) is 0 Å². The second-order valence-electron chi connectivity index (χ2n) is 6.40. The number of pyridine rings is 1. The van der Waals surface area contributed by atoms with E-state index in [1.54, 1.807) is 11.0 Å². The fourth-order valence-electron chi connectivity index (χ4n) is 2.59. The molecule has 2 rings (SSSR count). The van der Waals surface area contributed by atoms with Crippen molar-refractivity contribution >= 4 is 17.5 Å². The summed E-state index contributed by atoms with van der Waals surface area (Å²) in [4.78, 5) is 18.7. The minimum absolute atomic E-state index is 0.0288. The van der Waals surface area contributed by atoms with Gasteiger partial charge < -0.3 is 10.0 Å². The van der Waals surface area contributed by atoms with Crippen molar-refractivity contribution in [2.24, 2.45) is 0 Å². The Morgan fingerprint density at radius 2 is 2.10 bits per heavy atom. The third kappa shape index (κ3) is 4.17. The SMILES string of the molecule is CC(C)c1cc(C(=O)N2CCCC(C)(O)CC2)cc(Cl)n1. The first-order valence-corrected chi connectivity index (χ1v) is 7.85. The maximum absolute atomic E-state index is 12.6. The summed E-state index contributed by atoms with van der Waals surface area (Å²) in [5.74, 6) is 0.194. The lowest BCUT2D eigenvalue weighted by atomic mass is 9.98. The molecule has 5 heteroatoms. The van der Waals surface area contributed by atoms with Crippen LogP contribution in [0.5, 0.6) is 0 Å². The first-order chi connectivity index (χ1) is 9.78. The number of hydrogen-bond acceptors (Lipinski definition) is 3. The van der Waals surface area contributed by atoms with E-state index in [-0.39, 0.29) is 11.8 Å². The molecule has 1 fully saturated rings. The zero-order valence-corrected chi connectivity index (χ0v) is 13.7. The molecule has 0 radical (unpaired) electrons. The van der Waals surface area contributed by atoms with E-state index >= 15 is 0 Å².